The fourth-order valence-corrected chi connectivity index (χ4v) is 1.45. The monoisotopic (exact) mass is 222 g/mol. The van der Waals surface area contributed by atoms with Gasteiger partial charge in [-0.1, -0.05) is 17.7 Å². The summed E-state index contributed by atoms with van der Waals surface area (Å²) < 4.78 is 0. The molecule has 0 aliphatic rings. The first-order chi connectivity index (χ1) is 7.36. The van der Waals surface area contributed by atoms with Gasteiger partial charge in [0.15, 0.2) is 0 Å². The summed E-state index contributed by atoms with van der Waals surface area (Å²) in [4.78, 5) is 4.00. The number of halogens is 1. The van der Waals surface area contributed by atoms with Crippen LogP contribution in [0.2, 0.25) is 5.15 Å². The number of hydrogen-bond acceptors (Lipinski definition) is 3. The first-order valence-corrected chi connectivity index (χ1v) is 5.02. The molecule has 0 spiro atoms. The Hall–Kier alpha value is -1.39. The van der Waals surface area contributed by atoms with E-state index in [1.165, 1.54) is 0 Å². The predicted octanol–water partition coefficient (Wildman–Crippen LogP) is 1.75. The Bertz CT molecular complexity index is 413. The van der Waals surface area contributed by atoms with Crippen molar-refractivity contribution in [2.24, 2.45) is 0 Å². The number of aromatic amines is 1. The van der Waals surface area contributed by atoms with Crippen molar-refractivity contribution in [2.45, 2.75) is 13.1 Å². The number of nitrogens with zero attached hydrogens (tertiary/aromatic N) is 2. The van der Waals surface area contributed by atoms with E-state index >= 15 is 0 Å². The lowest BCUT2D eigenvalue weighted by Gasteiger charge is -2.04. The van der Waals surface area contributed by atoms with Gasteiger partial charge in [0.2, 0.25) is 0 Å². The van der Waals surface area contributed by atoms with Gasteiger partial charge < -0.3 is 5.32 Å². The average Bonchev–Trinajstić information content (AvgIpc) is 2.74. The van der Waals surface area contributed by atoms with Crippen LogP contribution in [0.3, 0.4) is 0 Å². The number of pyridine rings is 1. The predicted molar refractivity (Wildman–Crippen MR) is 58.4 cm³/mol. The van der Waals surface area contributed by atoms with Crippen LogP contribution in [-0.4, -0.2) is 15.2 Å². The standard InChI is InChI=1S/C10H11ClN4/c11-10-8(2-1-4-13-10)6-12-7-9-3-5-14-15-9/h1-5,12H,6-7H2,(H,14,15). The van der Waals surface area contributed by atoms with Crippen LogP contribution < -0.4 is 5.32 Å². The first-order valence-electron chi connectivity index (χ1n) is 4.64. The quantitative estimate of drug-likeness (QED) is 0.775. The highest BCUT2D eigenvalue weighted by Gasteiger charge is 1.99. The summed E-state index contributed by atoms with van der Waals surface area (Å²) in [6.07, 6.45) is 3.41. The van der Waals surface area contributed by atoms with Gasteiger partial charge in [0, 0.05) is 36.7 Å². The minimum Gasteiger partial charge on any atom is -0.307 e. The molecule has 2 rings (SSSR count). The van der Waals surface area contributed by atoms with Crippen molar-refractivity contribution in [2.75, 3.05) is 0 Å². The highest BCUT2D eigenvalue weighted by Crippen LogP contribution is 2.10. The van der Waals surface area contributed by atoms with Crippen LogP contribution in [0.15, 0.2) is 30.6 Å². The molecule has 0 aliphatic heterocycles. The lowest BCUT2D eigenvalue weighted by Crippen LogP contribution is -2.13. The Morgan fingerprint density at radius 2 is 2.20 bits per heavy atom. The van der Waals surface area contributed by atoms with Gasteiger partial charge in [0.25, 0.3) is 0 Å². The van der Waals surface area contributed by atoms with Gasteiger partial charge in [-0.15, -0.1) is 0 Å². The van der Waals surface area contributed by atoms with Gasteiger partial charge >= 0.3 is 0 Å². The second-order valence-corrected chi connectivity index (χ2v) is 3.50. The maximum atomic E-state index is 5.91. The largest absolute Gasteiger partial charge is 0.307 e. The fourth-order valence-electron chi connectivity index (χ4n) is 1.27. The molecule has 0 aliphatic carbocycles. The van der Waals surface area contributed by atoms with Crippen LogP contribution in [0.4, 0.5) is 0 Å². The molecular formula is C10H11ClN4. The van der Waals surface area contributed by atoms with E-state index in [9.17, 15) is 0 Å². The Morgan fingerprint density at radius 3 is 2.93 bits per heavy atom. The van der Waals surface area contributed by atoms with Crippen molar-refractivity contribution in [1.82, 2.24) is 20.5 Å². The van der Waals surface area contributed by atoms with Gasteiger partial charge in [0.1, 0.15) is 5.15 Å². The lowest BCUT2D eigenvalue weighted by atomic mass is 10.3. The number of nitrogens with one attached hydrogen (secondary N) is 2. The van der Waals surface area contributed by atoms with E-state index < -0.39 is 0 Å². The molecule has 0 unspecified atom stereocenters. The minimum atomic E-state index is 0.551. The maximum absolute atomic E-state index is 5.91. The van der Waals surface area contributed by atoms with Gasteiger partial charge in [-0.2, -0.15) is 5.10 Å². The molecule has 2 heterocycles. The van der Waals surface area contributed by atoms with Gasteiger partial charge in [-0.05, 0) is 12.1 Å². The highest BCUT2D eigenvalue weighted by molar-refractivity contribution is 6.30. The van der Waals surface area contributed by atoms with E-state index in [1.807, 2.05) is 18.2 Å². The van der Waals surface area contributed by atoms with Crippen LogP contribution >= 0.6 is 11.6 Å². The van der Waals surface area contributed by atoms with Crippen LogP contribution in [-0.2, 0) is 13.1 Å². The molecule has 0 saturated carbocycles. The molecule has 78 valence electrons. The van der Waals surface area contributed by atoms with E-state index in [-0.39, 0.29) is 0 Å². The van der Waals surface area contributed by atoms with Crippen LogP contribution in [0.5, 0.6) is 0 Å². The third-order valence-corrected chi connectivity index (χ3v) is 2.37. The first kappa shape index (κ1) is 10.1. The summed E-state index contributed by atoms with van der Waals surface area (Å²) in [5.41, 5.74) is 2.05. The molecule has 0 fully saturated rings. The van der Waals surface area contributed by atoms with Crippen molar-refractivity contribution in [3.8, 4) is 0 Å². The van der Waals surface area contributed by atoms with E-state index in [2.05, 4.69) is 20.5 Å². The molecule has 0 atom stereocenters. The second-order valence-electron chi connectivity index (χ2n) is 3.14. The maximum Gasteiger partial charge on any atom is 0.133 e. The van der Waals surface area contributed by atoms with E-state index in [1.54, 1.807) is 12.4 Å². The van der Waals surface area contributed by atoms with E-state index in [0.717, 1.165) is 17.8 Å². The molecule has 0 amide bonds. The number of aromatic nitrogens is 3. The number of rotatable bonds is 4. The molecule has 0 aromatic carbocycles. The molecule has 2 aromatic heterocycles. The van der Waals surface area contributed by atoms with Crippen molar-refractivity contribution < 1.29 is 0 Å². The Labute approximate surface area is 92.7 Å². The van der Waals surface area contributed by atoms with Crippen molar-refractivity contribution in [1.29, 1.82) is 0 Å². The molecule has 2 aromatic rings. The Balaban J connectivity index is 1.86. The van der Waals surface area contributed by atoms with Gasteiger partial charge in [-0.3, -0.25) is 5.10 Å². The lowest BCUT2D eigenvalue weighted by molar-refractivity contribution is 0.676. The summed E-state index contributed by atoms with van der Waals surface area (Å²) in [5, 5.41) is 10.5. The molecule has 4 nitrogen and oxygen atoms in total. The highest BCUT2D eigenvalue weighted by atomic mass is 35.5. The zero-order valence-corrected chi connectivity index (χ0v) is 8.83. The van der Waals surface area contributed by atoms with Crippen LogP contribution in [0.25, 0.3) is 0 Å². The minimum absolute atomic E-state index is 0.551. The normalized spacial score (nSPS) is 10.5. The number of H-pyrrole nitrogens is 1. The van der Waals surface area contributed by atoms with Crippen molar-refractivity contribution in [3.63, 3.8) is 0 Å². The summed E-state index contributed by atoms with van der Waals surface area (Å²) in [6, 6.07) is 5.76. The van der Waals surface area contributed by atoms with Crippen molar-refractivity contribution >= 4 is 11.6 Å². The summed E-state index contributed by atoms with van der Waals surface area (Å²) >= 11 is 5.91. The molecule has 0 bridgehead atoms. The van der Waals surface area contributed by atoms with Gasteiger partial charge in [-0.25, -0.2) is 4.98 Å². The third-order valence-electron chi connectivity index (χ3n) is 2.03. The van der Waals surface area contributed by atoms with Crippen LogP contribution in [0, 0.1) is 0 Å². The molecule has 5 heteroatoms. The van der Waals surface area contributed by atoms with E-state index in [4.69, 9.17) is 11.6 Å². The zero-order chi connectivity index (χ0) is 10.5. The Kier molecular flexibility index (Phi) is 3.32. The van der Waals surface area contributed by atoms with E-state index in [0.29, 0.717) is 11.7 Å². The molecular weight excluding hydrogens is 212 g/mol. The fraction of sp³-hybridized carbons (Fsp3) is 0.200. The molecule has 2 N–H and O–H groups in total. The van der Waals surface area contributed by atoms with Crippen LogP contribution in [0.1, 0.15) is 11.3 Å². The van der Waals surface area contributed by atoms with Crippen molar-refractivity contribution in [3.05, 3.63) is 47.0 Å². The smallest absolute Gasteiger partial charge is 0.133 e. The third kappa shape index (κ3) is 2.78. The summed E-state index contributed by atoms with van der Waals surface area (Å²) in [7, 11) is 0. The zero-order valence-electron chi connectivity index (χ0n) is 8.07. The summed E-state index contributed by atoms with van der Waals surface area (Å²) in [5.74, 6) is 0. The number of hydrogen-bond donors (Lipinski definition) is 2. The average molecular weight is 223 g/mol. The molecule has 15 heavy (non-hydrogen) atoms. The molecule has 0 radical (unpaired) electrons. The second kappa shape index (κ2) is 4.91. The summed E-state index contributed by atoms with van der Waals surface area (Å²) in [6.45, 7) is 1.44. The topological polar surface area (TPSA) is 53.6 Å². The molecule has 0 saturated heterocycles. The van der Waals surface area contributed by atoms with Gasteiger partial charge in [0.05, 0.1) is 0 Å². The SMILES string of the molecule is Clc1ncccc1CNCc1ccn[nH]1. The Morgan fingerprint density at radius 1 is 1.27 bits per heavy atom.